The Morgan fingerprint density at radius 1 is 1.17 bits per heavy atom. The highest BCUT2D eigenvalue weighted by Crippen LogP contribution is 2.24. The van der Waals surface area contributed by atoms with Gasteiger partial charge in [0.25, 0.3) is 0 Å². The lowest BCUT2D eigenvalue weighted by Gasteiger charge is -2.16. The van der Waals surface area contributed by atoms with E-state index in [0.717, 1.165) is 5.75 Å². The van der Waals surface area contributed by atoms with Gasteiger partial charge in [0.05, 0.1) is 18.1 Å². The van der Waals surface area contributed by atoms with Crippen LogP contribution in [0.4, 0.5) is 0 Å². The van der Waals surface area contributed by atoms with Crippen LogP contribution in [0.2, 0.25) is 0 Å². The van der Waals surface area contributed by atoms with Crippen LogP contribution in [0.25, 0.3) is 0 Å². The first-order valence-corrected chi connectivity index (χ1v) is 9.82. The van der Waals surface area contributed by atoms with E-state index in [-0.39, 0.29) is 17.6 Å². The lowest BCUT2D eigenvalue weighted by Crippen LogP contribution is -2.16. The monoisotopic (exact) mass is 351 g/mol. The summed E-state index contributed by atoms with van der Waals surface area (Å²) in [5, 5.41) is 8.33. The lowest BCUT2D eigenvalue weighted by molar-refractivity contribution is 0.210. The molecule has 8 heteroatoms. The molecule has 1 aliphatic rings. The standard InChI is InChI=1S/C16H21N3O4S/c1-3-22-13-4-6-14(7-5-13)23-12(2)16-18-17-15-8-10-24(20,21)11-9-19(15)16/h4-7,12H,3,8-11H2,1-2H3. The quantitative estimate of drug-likeness (QED) is 0.817. The van der Waals surface area contributed by atoms with Crippen molar-refractivity contribution in [3.63, 3.8) is 0 Å². The minimum Gasteiger partial charge on any atom is -0.494 e. The van der Waals surface area contributed by atoms with Crippen LogP contribution >= 0.6 is 0 Å². The Bertz CT molecular complexity index is 799. The van der Waals surface area contributed by atoms with Crippen molar-refractivity contribution >= 4 is 9.84 Å². The van der Waals surface area contributed by atoms with Crippen molar-refractivity contribution in [2.75, 3.05) is 18.1 Å². The Kier molecular flexibility index (Phi) is 4.75. The second-order valence-electron chi connectivity index (χ2n) is 5.69. The summed E-state index contributed by atoms with van der Waals surface area (Å²) in [4.78, 5) is 0. The van der Waals surface area contributed by atoms with E-state index in [9.17, 15) is 8.42 Å². The third-order valence-corrected chi connectivity index (χ3v) is 5.56. The molecule has 0 fully saturated rings. The van der Waals surface area contributed by atoms with Gasteiger partial charge >= 0.3 is 0 Å². The average molecular weight is 351 g/mol. The summed E-state index contributed by atoms with van der Waals surface area (Å²) in [6.07, 6.45) is 0.0652. The number of benzene rings is 1. The highest BCUT2D eigenvalue weighted by atomic mass is 32.2. The Labute approximate surface area is 141 Å². The van der Waals surface area contributed by atoms with Crippen LogP contribution in [0.5, 0.6) is 11.5 Å². The summed E-state index contributed by atoms with van der Waals surface area (Å²) >= 11 is 0. The van der Waals surface area contributed by atoms with Crippen LogP contribution in [0, 0.1) is 0 Å². The number of hydrogen-bond acceptors (Lipinski definition) is 6. The maximum Gasteiger partial charge on any atom is 0.173 e. The van der Waals surface area contributed by atoms with Gasteiger partial charge in [-0.25, -0.2) is 8.42 Å². The zero-order chi connectivity index (χ0) is 17.2. The molecule has 1 aliphatic heterocycles. The summed E-state index contributed by atoms with van der Waals surface area (Å²) in [5.41, 5.74) is 0. The van der Waals surface area contributed by atoms with E-state index in [1.807, 2.05) is 42.7 Å². The fourth-order valence-corrected chi connectivity index (χ4v) is 3.85. The van der Waals surface area contributed by atoms with Gasteiger partial charge in [0.1, 0.15) is 17.3 Å². The molecule has 2 aromatic rings. The van der Waals surface area contributed by atoms with E-state index in [4.69, 9.17) is 9.47 Å². The fraction of sp³-hybridized carbons (Fsp3) is 0.500. The molecule has 0 aliphatic carbocycles. The normalized spacial score (nSPS) is 17.6. The fourth-order valence-electron chi connectivity index (χ4n) is 2.70. The summed E-state index contributed by atoms with van der Waals surface area (Å²) < 4.78 is 36.8. The molecule has 1 atom stereocenters. The number of aryl methyl sites for hydroxylation is 1. The van der Waals surface area contributed by atoms with Crippen LogP contribution in [0.15, 0.2) is 24.3 Å². The van der Waals surface area contributed by atoms with Crippen LogP contribution in [0.3, 0.4) is 0 Å². The molecule has 0 radical (unpaired) electrons. The van der Waals surface area contributed by atoms with Gasteiger partial charge in [0.15, 0.2) is 21.8 Å². The second-order valence-corrected chi connectivity index (χ2v) is 8.00. The van der Waals surface area contributed by atoms with E-state index in [1.54, 1.807) is 0 Å². The molecule has 1 aromatic heterocycles. The Morgan fingerprint density at radius 2 is 1.88 bits per heavy atom. The summed E-state index contributed by atoms with van der Waals surface area (Å²) in [5.74, 6) is 3.08. The van der Waals surface area contributed by atoms with Gasteiger partial charge in [0, 0.05) is 13.0 Å². The molecule has 1 unspecified atom stereocenters. The van der Waals surface area contributed by atoms with Crippen molar-refractivity contribution in [3.05, 3.63) is 35.9 Å². The van der Waals surface area contributed by atoms with Crippen LogP contribution in [-0.4, -0.2) is 41.3 Å². The molecule has 0 amide bonds. The van der Waals surface area contributed by atoms with E-state index in [2.05, 4.69) is 10.2 Å². The molecular weight excluding hydrogens is 330 g/mol. The zero-order valence-electron chi connectivity index (χ0n) is 13.8. The van der Waals surface area contributed by atoms with Crippen molar-refractivity contribution in [1.29, 1.82) is 0 Å². The smallest absolute Gasteiger partial charge is 0.173 e. The van der Waals surface area contributed by atoms with Gasteiger partial charge in [-0.2, -0.15) is 0 Å². The average Bonchev–Trinajstić information content (AvgIpc) is 2.90. The zero-order valence-corrected chi connectivity index (χ0v) is 14.6. The molecule has 2 heterocycles. The second kappa shape index (κ2) is 6.80. The third kappa shape index (κ3) is 3.69. The van der Waals surface area contributed by atoms with Crippen molar-refractivity contribution in [2.45, 2.75) is 32.9 Å². The summed E-state index contributed by atoms with van der Waals surface area (Å²) in [6.45, 7) is 4.80. The molecule has 0 saturated heterocycles. The highest BCUT2D eigenvalue weighted by molar-refractivity contribution is 7.91. The topological polar surface area (TPSA) is 83.3 Å². The molecule has 0 N–H and O–H groups in total. The van der Waals surface area contributed by atoms with Crippen molar-refractivity contribution in [3.8, 4) is 11.5 Å². The van der Waals surface area contributed by atoms with E-state index < -0.39 is 9.84 Å². The molecule has 0 bridgehead atoms. The maximum absolute atomic E-state index is 11.8. The molecule has 3 rings (SSSR count). The molecule has 7 nitrogen and oxygen atoms in total. The third-order valence-electron chi connectivity index (χ3n) is 3.93. The largest absolute Gasteiger partial charge is 0.494 e. The highest BCUT2D eigenvalue weighted by Gasteiger charge is 2.25. The van der Waals surface area contributed by atoms with Gasteiger partial charge in [-0.3, -0.25) is 0 Å². The summed E-state index contributed by atoms with van der Waals surface area (Å²) in [6, 6.07) is 7.38. The number of aromatic nitrogens is 3. The number of rotatable bonds is 5. The molecule has 0 saturated carbocycles. The molecule has 1 aromatic carbocycles. The number of fused-ring (bicyclic) bond motifs is 1. The Hall–Kier alpha value is -2.09. The van der Waals surface area contributed by atoms with Crippen LogP contribution < -0.4 is 9.47 Å². The maximum atomic E-state index is 11.8. The Balaban J connectivity index is 1.74. The van der Waals surface area contributed by atoms with Crippen LogP contribution in [0.1, 0.15) is 31.6 Å². The van der Waals surface area contributed by atoms with Crippen molar-refractivity contribution in [2.24, 2.45) is 0 Å². The van der Waals surface area contributed by atoms with Crippen molar-refractivity contribution < 1.29 is 17.9 Å². The van der Waals surface area contributed by atoms with E-state index >= 15 is 0 Å². The minimum atomic E-state index is -3.01. The number of sulfone groups is 1. The van der Waals surface area contributed by atoms with Gasteiger partial charge in [-0.15, -0.1) is 10.2 Å². The first-order chi connectivity index (χ1) is 11.5. The SMILES string of the molecule is CCOc1ccc(OC(C)c2nnc3n2CCS(=O)(=O)CC3)cc1. The van der Waals surface area contributed by atoms with E-state index in [0.29, 0.717) is 37.0 Å². The van der Waals surface area contributed by atoms with E-state index in [1.165, 1.54) is 0 Å². The van der Waals surface area contributed by atoms with Crippen molar-refractivity contribution in [1.82, 2.24) is 14.8 Å². The van der Waals surface area contributed by atoms with Gasteiger partial charge in [-0.05, 0) is 38.1 Å². The predicted molar refractivity (Wildman–Crippen MR) is 89.0 cm³/mol. The van der Waals surface area contributed by atoms with Gasteiger partial charge < -0.3 is 14.0 Å². The summed E-state index contributed by atoms with van der Waals surface area (Å²) in [7, 11) is -3.01. The minimum absolute atomic E-state index is 0.112. The first-order valence-electron chi connectivity index (χ1n) is 8.00. The number of ether oxygens (including phenoxy) is 2. The molecular formula is C16H21N3O4S. The Morgan fingerprint density at radius 3 is 2.58 bits per heavy atom. The predicted octanol–water partition coefficient (Wildman–Crippen LogP) is 1.79. The first kappa shape index (κ1) is 16.8. The molecule has 0 spiro atoms. The number of nitrogens with zero attached hydrogens (tertiary/aromatic N) is 3. The molecule has 130 valence electrons. The lowest BCUT2D eigenvalue weighted by atomic mass is 10.3. The molecule has 24 heavy (non-hydrogen) atoms. The van der Waals surface area contributed by atoms with Gasteiger partial charge in [0.2, 0.25) is 0 Å². The van der Waals surface area contributed by atoms with Gasteiger partial charge in [-0.1, -0.05) is 0 Å². The van der Waals surface area contributed by atoms with Crippen LogP contribution in [-0.2, 0) is 22.8 Å². The number of hydrogen-bond donors (Lipinski definition) is 0.